The van der Waals surface area contributed by atoms with Crippen LogP contribution in [0.4, 0.5) is 0 Å². The van der Waals surface area contributed by atoms with Gasteiger partial charge >= 0.3 is 0 Å². The molecule has 2 spiro atoms. The molecule has 0 bridgehead atoms. The van der Waals surface area contributed by atoms with Crippen molar-refractivity contribution < 1.29 is 24.5 Å². The molecule has 38 heavy (non-hydrogen) atoms. The van der Waals surface area contributed by atoms with E-state index in [-0.39, 0.29) is 34.4 Å². The summed E-state index contributed by atoms with van der Waals surface area (Å²) in [6.07, 6.45) is 8.85. The zero-order chi connectivity index (χ0) is 27.3. The highest BCUT2D eigenvalue weighted by molar-refractivity contribution is 5.81. The van der Waals surface area contributed by atoms with E-state index >= 15 is 0 Å². The third-order valence-electron chi connectivity index (χ3n) is 14.4. The summed E-state index contributed by atoms with van der Waals surface area (Å²) in [5.41, 5.74) is 0.667. The van der Waals surface area contributed by atoms with Crippen LogP contribution in [0, 0.1) is 50.7 Å². The average molecular weight is 532 g/mol. The van der Waals surface area contributed by atoms with Crippen LogP contribution < -0.4 is 0 Å². The first-order chi connectivity index (χ1) is 17.9. The molecule has 1 heterocycles. The molecule has 6 unspecified atom stereocenters. The number of carbonyl (C=O) groups excluding carboxylic acids is 1. The lowest BCUT2D eigenvalue weighted by Crippen LogP contribution is -2.59. The molecule has 1 saturated heterocycles. The van der Waals surface area contributed by atoms with Crippen molar-refractivity contribution in [2.45, 2.75) is 111 Å². The smallest absolute Gasteiger partial charge is 0.251 e. The van der Waals surface area contributed by atoms with Crippen LogP contribution >= 0.6 is 0 Å². The lowest BCUT2D eigenvalue weighted by molar-refractivity contribution is -0.182. The molecule has 6 fully saturated rings. The number of fused-ring (bicyclic) bond motifs is 2. The highest BCUT2D eigenvalue weighted by Gasteiger charge is 2.83. The van der Waals surface area contributed by atoms with Gasteiger partial charge in [0.15, 0.2) is 0 Å². The van der Waals surface area contributed by atoms with Crippen LogP contribution in [-0.4, -0.2) is 72.7 Å². The number of hydrogen-bond acceptors (Lipinski definition) is 5. The van der Waals surface area contributed by atoms with E-state index in [1.165, 1.54) is 38.5 Å². The van der Waals surface area contributed by atoms with Gasteiger partial charge in [-0.1, -0.05) is 34.6 Å². The third kappa shape index (κ3) is 3.35. The summed E-state index contributed by atoms with van der Waals surface area (Å²) in [6, 6.07) is 0. The van der Waals surface area contributed by atoms with E-state index in [1.807, 2.05) is 4.90 Å². The van der Waals surface area contributed by atoms with Gasteiger partial charge in [0.05, 0.1) is 25.4 Å². The molecule has 6 heteroatoms. The lowest BCUT2D eigenvalue weighted by Gasteiger charge is -2.63. The molecule has 5 saturated carbocycles. The maximum Gasteiger partial charge on any atom is 0.251 e. The van der Waals surface area contributed by atoms with Gasteiger partial charge in [0.2, 0.25) is 0 Å². The molecule has 0 aromatic heterocycles. The minimum atomic E-state index is -0.427. The molecule has 216 valence electrons. The topological polar surface area (TPSA) is 79.2 Å². The summed E-state index contributed by atoms with van der Waals surface area (Å²) >= 11 is 0. The number of nitrogens with zero attached hydrogens (tertiary/aromatic N) is 1. The second-order valence-electron chi connectivity index (χ2n) is 15.5. The molecule has 0 radical (unpaired) electrons. The van der Waals surface area contributed by atoms with Crippen molar-refractivity contribution in [3.05, 3.63) is 0 Å². The van der Waals surface area contributed by atoms with Gasteiger partial charge in [-0.15, -0.1) is 0 Å². The van der Waals surface area contributed by atoms with Crippen LogP contribution in [0.25, 0.3) is 0 Å². The number of morpholine rings is 1. The first-order valence-corrected chi connectivity index (χ1v) is 15.6. The Balaban J connectivity index is 1.24. The number of rotatable bonds is 5. The van der Waals surface area contributed by atoms with Gasteiger partial charge in [0, 0.05) is 25.6 Å². The molecular formula is C32H53NO5. The van der Waals surface area contributed by atoms with Gasteiger partial charge in [-0.05, 0) is 103 Å². The SMILES string of the molecule is COC(C[C@@H](C)[C@H]1C[C@H](O)[C@@]2(C)C3CC[C@H]4C(C)(C)C(O)CCC45CC35CCC12C)C(=O)N1CCOCC1. The van der Waals surface area contributed by atoms with E-state index in [0.717, 1.165) is 12.8 Å². The van der Waals surface area contributed by atoms with E-state index in [0.29, 0.717) is 67.2 Å². The predicted octanol–water partition coefficient (Wildman–Crippen LogP) is 4.66. The Morgan fingerprint density at radius 2 is 1.63 bits per heavy atom. The average Bonchev–Trinajstić information content (AvgIpc) is 3.52. The van der Waals surface area contributed by atoms with Gasteiger partial charge in [-0.3, -0.25) is 4.79 Å². The fourth-order valence-corrected chi connectivity index (χ4v) is 12.1. The van der Waals surface area contributed by atoms with E-state index in [1.54, 1.807) is 7.11 Å². The third-order valence-corrected chi connectivity index (χ3v) is 14.4. The number of ether oxygens (including phenoxy) is 2. The molecule has 1 amide bonds. The summed E-state index contributed by atoms with van der Waals surface area (Å²) in [5, 5.41) is 22.8. The Labute approximate surface area is 230 Å². The molecular weight excluding hydrogens is 478 g/mol. The van der Waals surface area contributed by atoms with Crippen LogP contribution in [0.15, 0.2) is 0 Å². The molecule has 6 rings (SSSR count). The first-order valence-electron chi connectivity index (χ1n) is 15.6. The number of aliphatic hydroxyl groups is 2. The second kappa shape index (κ2) is 8.90. The highest BCUT2D eigenvalue weighted by atomic mass is 16.5. The maximum absolute atomic E-state index is 13.3. The number of carbonyl (C=O) groups is 1. The molecule has 1 aliphatic heterocycles. The van der Waals surface area contributed by atoms with Crippen LogP contribution in [0.2, 0.25) is 0 Å². The van der Waals surface area contributed by atoms with Crippen molar-refractivity contribution >= 4 is 5.91 Å². The zero-order valence-corrected chi connectivity index (χ0v) is 24.8. The number of amides is 1. The van der Waals surface area contributed by atoms with Crippen molar-refractivity contribution in [2.75, 3.05) is 33.4 Å². The van der Waals surface area contributed by atoms with Crippen molar-refractivity contribution in [2.24, 2.45) is 50.7 Å². The van der Waals surface area contributed by atoms with Crippen LogP contribution in [0.3, 0.4) is 0 Å². The Kier molecular flexibility index (Phi) is 6.44. The number of aliphatic hydroxyl groups excluding tert-OH is 2. The molecule has 5 aliphatic carbocycles. The Morgan fingerprint density at radius 3 is 2.32 bits per heavy atom. The minimum Gasteiger partial charge on any atom is -0.393 e. The van der Waals surface area contributed by atoms with Crippen molar-refractivity contribution in [1.82, 2.24) is 4.90 Å². The van der Waals surface area contributed by atoms with E-state index < -0.39 is 6.10 Å². The molecule has 6 nitrogen and oxygen atoms in total. The van der Waals surface area contributed by atoms with Gasteiger partial charge < -0.3 is 24.6 Å². The molecule has 2 N–H and O–H groups in total. The van der Waals surface area contributed by atoms with E-state index in [4.69, 9.17) is 9.47 Å². The van der Waals surface area contributed by atoms with Gasteiger partial charge in [-0.2, -0.15) is 0 Å². The Hall–Kier alpha value is -0.690. The van der Waals surface area contributed by atoms with Crippen molar-refractivity contribution in [3.8, 4) is 0 Å². The van der Waals surface area contributed by atoms with Crippen molar-refractivity contribution in [1.29, 1.82) is 0 Å². The van der Waals surface area contributed by atoms with Crippen molar-refractivity contribution in [3.63, 3.8) is 0 Å². The van der Waals surface area contributed by atoms with Gasteiger partial charge in [0.25, 0.3) is 5.91 Å². The summed E-state index contributed by atoms with van der Waals surface area (Å²) < 4.78 is 11.2. The maximum atomic E-state index is 13.3. The standard InChI is InChI=1S/C32H53NO5/c1-20(17-22(37-6)27(36)33-13-15-38-16-14-33)21-18-26(35)30(5)24-8-7-23-28(2,3)25(34)9-10-31(23)19-32(24,31)12-11-29(21,30)4/h20-26,34-35H,7-19H2,1-6H3/t20-,21-,22?,23+,24?,25?,26+,29?,30-,31?,32?/m1/s1. The largest absolute Gasteiger partial charge is 0.393 e. The molecule has 0 aromatic carbocycles. The van der Waals surface area contributed by atoms with Crippen LogP contribution in [0.5, 0.6) is 0 Å². The lowest BCUT2D eigenvalue weighted by atomic mass is 9.41. The summed E-state index contributed by atoms with van der Waals surface area (Å²) in [6.45, 7) is 14.4. The van der Waals surface area contributed by atoms with E-state index in [9.17, 15) is 15.0 Å². The summed E-state index contributed by atoms with van der Waals surface area (Å²) in [7, 11) is 1.67. The van der Waals surface area contributed by atoms with Crippen LogP contribution in [0.1, 0.15) is 92.4 Å². The fourth-order valence-electron chi connectivity index (χ4n) is 12.1. The zero-order valence-electron chi connectivity index (χ0n) is 24.8. The Bertz CT molecular complexity index is 948. The predicted molar refractivity (Wildman–Crippen MR) is 146 cm³/mol. The normalized spacial score (nSPS) is 50.7. The van der Waals surface area contributed by atoms with E-state index in [2.05, 4.69) is 34.6 Å². The van der Waals surface area contributed by atoms with Gasteiger partial charge in [0.1, 0.15) is 6.10 Å². The molecule has 0 aromatic rings. The fraction of sp³-hybridized carbons (Fsp3) is 0.969. The number of hydrogen-bond donors (Lipinski definition) is 2. The summed E-state index contributed by atoms with van der Waals surface area (Å²) in [5.74, 6) is 1.93. The monoisotopic (exact) mass is 531 g/mol. The first kappa shape index (κ1) is 27.5. The minimum absolute atomic E-state index is 0.0120. The van der Waals surface area contributed by atoms with Crippen LogP contribution in [-0.2, 0) is 14.3 Å². The highest BCUT2D eigenvalue weighted by Crippen LogP contribution is 2.89. The summed E-state index contributed by atoms with van der Waals surface area (Å²) in [4.78, 5) is 15.2. The Morgan fingerprint density at radius 1 is 0.974 bits per heavy atom. The van der Waals surface area contributed by atoms with Gasteiger partial charge in [-0.25, -0.2) is 0 Å². The second-order valence-corrected chi connectivity index (χ2v) is 15.5. The molecule has 6 aliphatic rings. The number of methoxy groups -OCH3 is 1. The molecule has 11 atom stereocenters. The quantitative estimate of drug-likeness (QED) is 0.540.